The van der Waals surface area contributed by atoms with Crippen LogP contribution in [0.25, 0.3) is 0 Å². The number of carboxylic acids is 1. The summed E-state index contributed by atoms with van der Waals surface area (Å²) >= 11 is 5.94. The molecule has 0 aromatic heterocycles. The molecule has 0 saturated carbocycles. The molecule has 2 aromatic rings. The van der Waals surface area contributed by atoms with Crippen molar-refractivity contribution in [1.29, 1.82) is 0 Å². The minimum atomic E-state index is -1.09. The number of rotatable bonds is 9. The molecule has 0 saturated heterocycles. The number of benzene rings is 2. The van der Waals surface area contributed by atoms with Gasteiger partial charge in [0.05, 0.1) is 6.61 Å². The molecule has 0 atom stereocenters. The number of carboxylic acid groups (broad SMARTS) is 1. The fourth-order valence-electron chi connectivity index (χ4n) is 2.29. The molecule has 0 aliphatic rings. The lowest BCUT2D eigenvalue weighted by atomic mass is 10.1. The number of aliphatic carboxylic acids is 1. The summed E-state index contributed by atoms with van der Waals surface area (Å²) in [5.41, 5.74) is 1.44. The lowest BCUT2D eigenvalue weighted by Crippen LogP contribution is -2.25. The van der Waals surface area contributed by atoms with Crippen molar-refractivity contribution in [3.05, 3.63) is 58.6 Å². The van der Waals surface area contributed by atoms with Gasteiger partial charge in [0.25, 0.3) is 5.91 Å². The van der Waals surface area contributed by atoms with E-state index in [-0.39, 0.29) is 11.7 Å². The van der Waals surface area contributed by atoms with Crippen LogP contribution in [0.15, 0.2) is 42.5 Å². The van der Waals surface area contributed by atoms with Gasteiger partial charge in [-0.05, 0) is 49.2 Å². The molecule has 7 heteroatoms. The third kappa shape index (κ3) is 5.97. The molecule has 0 aliphatic carbocycles. The highest BCUT2D eigenvalue weighted by atomic mass is 35.5. The Balaban J connectivity index is 1.98. The lowest BCUT2D eigenvalue weighted by Gasteiger charge is -2.12. The predicted octanol–water partition coefficient (Wildman–Crippen LogP) is 3.17. The first-order valence-electron chi connectivity index (χ1n) is 8.13. The number of amides is 1. The number of ether oxygens (including phenoxy) is 2. The highest BCUT2D eigenvalue weighted by Gasteiger charge is 2.12. The van der Waals surface area contributed by atoms with Crippen molar-refractivity contribution in [2.75, 3.05) is 19.8 Å². The van der Waals surface area contributed by atoms with Gasteiger partial charge in [0.1, 0.15) is 0 Å². The highest BCUT2D eigenvalue weighted by Crippen LogP contribution is 2.28. The number of hydrogen-bond acceptors (Lipinski definition) is 4. The van der Waals surface area contributed by atoms with Gasteiger partial charge in [-0.15, -0.1) is 0 Å². The first kappa shape index (κ1) is 19.6. The molecular formula is C19H20ClNO5. The van der Waals surface area contributed by atoms with Crippen LogP contribution in [-0.2, 0) is 11.2 Å². The zero-order valence-electron chi connectivity index (χ0n) is 14.3. The monoisotopic (exact) mass is 377 g/mol. The van der Waals surface area contributed by atoms with Crippen LogP contribution in [0, 0.1) is 0 Å². The average Bonchev–Trinajstić information content (AvgIpc) is 2.60. The van der Waals surface area contributed by atoms with E-state index in [4.69, 9.17) is 26.2 Å². The maximum atomic E-state index is 12.3. The number of carbonyl (C=O) groups is 2. The first-order valence-corrected chi connectivity index (χ1v) is 8.51. The van der Waals surface area contributed by atoms with Gasteiger partial charge in [-0.3, -0.25) is 4.79 Å². The number of halogens is 1. The van der Waals surface area contributed by atoms with E-state index < -0.39 is 12.6 Å². The predicted molar refractivity (Wildman–Crippen MR) is 98.2 cm³/mol. The number of carbonyl (C=O) groups excluding carboxylic acids is 1. The molecular weight excluding hydrogens is 358 g/mol. The minimum absolute atomic E-state index is 0.252. The first-order chi connectivity index (χ1) is 12.5. The van der Waals surface area contributed by atoms with Crippen LogP contribution in [0.1, 0.15) is 22.8 Å². The van der Waals surface area contributed by atoms with E-state index in [9.17, 15) is 9.59 Å². The van der Waals surface area contributed by atoms with E-state index in [0.29, 0.717) is 35.9 Å². The van der Waals surface area contributed by atoms with Crippen molar-refractivity contribution in [1.82, 2.24) is 5.32 Å². The van der Waals surface area contributed by atoms with Crippen molar-refractivity contribution in [2.45, 2.75) is 13.3 Å². The molecule has 1 amide bonds. The smallest absolute Gasteiger partial charge is 0.341 e. The van der Waals surface area contributed by atoms with Gasteiger partial charge in [0, 0.05) is 17.1 Å². The topological polar surface area (TPSA) is 84.9 Å². The Kier molecular flexibility index (Phi) is 7.29. The Morgan fingerprint density at radius 2 is 1.92 bits per heavy atom. The average molecular weight is 378 g/mol. The third-order valence-corrected chi connectivity index (χ3v) is 3.68. The van der Waals surface area contributed by atoms with E-state index in [1.807, 2.05) is 18.2 Å². The van der Waals surface area contributed by atoms with Crippen LogP contribution in [0.4, 0.5) is 0 Å². The number of hydrogen-bond donors (Lipinski definition) is 2. The molecule has 2 N–H and O–H groups in total. The standard InChI is InChI=1S/C19H20ClNO5/c1-2-25-17-11-14(6-7-16(17)26-12-18(22)23)19(24)21-9-8-13-4-3-5-15(20)10-13/h3-7,10-11H,2,8-9,12H2,1H3,(H,21,24)(H,22,23). The van der Waals surface area contributed by atoms with Gasteiger partial charge in [-0.25, -0.2) is 4.79 Å². The molecule has 2 rings (SSSR count). The Labute approximate surface area is 156 Å². The summed E-state index contributed by atoms with van der Waals surface area (Å²) in [5, 5.41) is 12.2. The molecule has 0 fully saturated rings. The van der Waals surface area contributed by atoms with Crippen molar-refractivity contribution < 1.29 is 24.2 Å². The van der Waals surface area contributed by atoms with E-state index in [2.05, 4.69) is 5.32 Å². The summed E-state index contributed by atoms with van der Waals surface area (Å²) in [7, 11) is 0. The normalized spacial score (nSPS) is 10.2. The van der Waals surface area contributed by atoms with Crippen LogP contribution in [0.2, 0.25) is 5.02 Å². The Hall–Kier alpha value is -2.73. The largest absolute Gasteiger partial charge is 0.490 e. The second-order valence-corrected chi connectivity index (χ2v) is 5.85. The summed E-state index contributed by atoms with van der Waals surface area (Å²) in [5.74, 6) is -0.728. The van der Waals surface area contributed by atoms with Gasteiger partial charge >= 0.3 is 5.97 Å². The SMILES string of the molecule is CCOc1cc(C(=O)NCCc2cccc(Cl)c2)ccc1OCC(=O)O. The van der Waals surface area contributed by atoms with Gasteiger partial charge in [0.2, 0.25) is 0 Å². The second-order valence-electron chi connectivity index (χ2n) is 5.41. The van der Waals surface area contributed by atoms with Crippen molar-refractivity contribution in [2.24, 2.45) is 0 Å². The maximum absolute atomic E-state index is 12.3. The summed E-state index contributed by atoms with van der Waals surface area (Å²) in [6.07, 6.45) is 0.657. The lowest BCUT2D eigenvalue weighted by molar-refractivity contribution is -0.139. The number of nitrogens with one attached hydrogen (secondary N) is 1. The molecule has 0 radical (unpaired) electrons. The molecule has 0 bridgehead atoms. The second kappa shape index (κ2) is 9.68. The fourth-order valence-corrected chi connectivity index (χ4v) is 2.50. The molecule has 0 aliphatic heterocycles. The summed E-state index contributed by atoms with van der Waals surface area (Å²) < 4.78 is 10.6. The summed E-state index contributed by atoms with van der Waals surface area (Å²) in [4.78, 5) is 22.9. The van der Waals surface area contributed by atoms with Crippen LogP contribution < -0.4 is 14.8 Å². The molecule has 138 valence electrons. The van der Waals surface area contributed by atoms with Crippen LogP contribution in [0.3, 0.4) is 0 Å². The Morgan fingerprint density at radius 3 is 2.62 bits per heavy atom. The molecule has 0 unspecified atom stereocenters. The van der Waals surface area contributed by atoms with Gasteiger partial charge < -0.3 is 19.9 Å². The van der Waals surface area contributed by atoms with Gasteiger partial charge in [-0.2, -0.15) is 0 Å². The van der Waals surface area contributed by atoms with Crippen molar-refractivity contribution in [3.63, 3.8) is 0 Å². The quantitative estimate of drug-likeness (QED) is 0.701. The van der Waals surface area contributed by atoms with Crippen molar-refractivity contribution in [3.8, 4) is 11.5 Å². The summed E-state index contributed by atoms with van der Waals surface area (Å²) in [6, 6.07) is 12.1. The van der Waals surface area contributed by atoms with Gasteiger partial charge in [0.15, 0.2) is 18.1 Å². The van der Waals surface area contributed by atoms with Gasteiger partial charge in [-0.1, -0.05) is 23.7 Å². The Bertz CT molecular complexity index is 778. The van der Waals surface area contributed by atoms with E-state index >= 15 is 0 Å². The third-order valence-electron chi connectivity index (χ3n) is 3.45. The zero-order chi connectivity index (χ0) is 18.9. The molecule has 26 heavy (non-hydrogen) atoms. The Morgan fingerprint density at radius 1 is 1.12 bits per heavy atom. The molecule has 2 aromatic carbocycles. The van der Waals surface area contributed by atoms with Crippen LogP contribution >= 0.6 is 11.6 Å². The van der Waals surface area contributed by atoms with E-state index in [0.717, 1.165) is 5.56 Å². The minimum Gasteiger partial charge on any atom is -0.490 e. The molecule has 0 spiro atoms. The fraction of sp³-hybridized carbons (Fsp3) is 0.263. The zero-order valence-corrected chi connectivity index (χ0v) is 15.1. The highest BCUT2D eigenvalue weighted by molar-refractivity contribution is 6.30. The van der Waals surface area contributed by atoms with Crippen LogP contribution in [-0.4, -0.2) is 36.7 Å². The molecule has 0 heterocycles. The van der Waals surface area contributed by atoms with Crippen molar-refractivity contribution >= 4 is 23.5 Å². The van der Waals surface area contributed by atoms with E-state index in [1.165, 1.54) is 12.1 Å². The van der Waals surface area contributed by atoms with Crippen LogP contribution in [0.5, 0.6) is 11.5 Å². The summed E-state index contributed by atoms with van der Waals surface area (Å²) in [6.45, 7) is 2.13. The molecule has 6 nitrogen and oxygen atoms in total. The van der Waals surface area contributed by atoms with E-state index in [1.54, 1.807) is 19.1 Å². The maximum Gasteiger partial charge on any atom is 0.341 e.